The predicted molar refractivity (Wildman–Crippen MR) is 72.4 cm³/mol. The van der Waals surface area contributed by atoms with Gasteiger partial charge >= 0.3 is 0 Å². The van der Waals surface area contributed by atoms with E-state index >= 15 is 0 Å². The molecule has 18 heavy (non-hydrogen) atoms. The van der Waals surface area contributed by atoms with Crippen molar-refractivity contribution in [2.45, 2.75) is 52.7 Å². The lowest BCUT2D eigenvalue weighted by molar-refractivity contribution is 0.0942. The number of nitrogens with one attached hydrogen (secondary N) is 1. The second kappa shape index (κ2) is 6.95. The first-order valence-electron chi connectivity index (χ1n) is 7.16. The lowest BCUT2D eigenvalue weighted by Gasteiger charge is -2.24. The first-order chi connectivity index (χ1) is 8.79. The van der Waals surface area contributed by atoms with Crippen LogP contribution in [0.1, 0.15) is 49.7 Å². The first-order valence-corrected chi connectivity index (χ1v) is 7.16. The van der Waals surface area contributed by atoms with E-state index in [1.807, 2.05) is 6.92 Å². The van der Waals surface area contributed by atoms with Gasteiger partial charge in [0.05, 0.1) is 13.2 Å². The highest BCUT2D eigenvalue weighted by Gasteiger charge is 2.16. The maximum absolute atomic E-state index is 5.74. The molecule has 0 atom stereocenters. The zero-order valence-corrected chi connectivity index (χ0v) is 11.6. The highest BCUT2D eigenvalue weighted by atomic mass is 16.5. The van der Waals surface area contributed by atoms with Crippen molar-refractivity contribution in [3.05, 3.63) is 23.2 Å². The summed E-state index contributed by atoms with van der Waals surface area (Å²) in [6.45, 7) is 7.46. The Labute approximate surface area is 110 Å². The summed E-state index contributed by atoms with van der Waals surface area (Å²) in [5.74, 6) is 2.93. The molecular formula is C15H25NO2. The molecular weight excluding hydrogens is 226 g/mol. The molecule has 0 radical (unpaired) electrons. The van der Waals surface area contributed by atoms with E-state index in [9.17, 15) is 0 Å². The van der Waals surface area contributed by atoms with Gasteiger partial charge in [-0.15, -0.1) is 0 Å². The van der Waals surface area contributed by atoms with Crippen LogP contribution in [0, 0.1) is 12.8 Å². The molecule has 1 aliphatic carbocycles. The van der Waals surface area contributed by atoms with Gasteiger partial charge in [-0.2, -0.15) is 0 Å². The van der Waals surface area contributed by atoms with Crippen molar-refractivity contribution >= 4 is 0 Å². The van der Waals surface area contributed by atoms with Crippen LogP contribution in [0.4, 0.5) is 0 Å². The van der Waals surface area contributed by atoms with Crippen LogP contribution in [0.25, 0.3) is 0 Å². The van der Waals surface area contributed by atoms with Crippen molar-refractivity contribution in [2.75, 3.05) is 13.2 Å². The van der Waals surface area contributed by atoms with Gasteiger partial charge in [-0.05, 0) is 31.9 Å². The monoisotopic (exact) mass is 251 g/mol. The van der Waals surface area contributed by atoms with Crippen LogP contribution in [-0.2, 0) is 17.9 Å². The van der Waals surface area contributed by atoms with Gasteiger partial charge in [0, 0.05) is 12.2 Å². The minimum Gasteiger partial charge on any atom is -0.465 e. The van der Waals surface area contributed by atoms with Crippen LogP contribution in [0.15, 0.2) is 10.5 Å². The van der Waals surface area contributed by atoms with Gasteiger partial charge in [0.1, 0.15) is 11.5 Å². The van der Waals surface area contributed by atoms with Gasteiger partial charge in [0.25, 0.3) is 0 Å². The first kappa shape index (κ1) is 13.6. The van der Waals surface area contributed by atoms with E-state index in [-0.39, 0.29) is 0 Å². The van der Waals surface area contributed by atoms with Crippen molar-refractivity contribution in [3.8, 4) is 0 Å². The Balaban J connectivity index is 1.68. The summed E-state index contributed by atoms with van der Waals surface area (Å²) in [6, 6.07) is 2.11. The molecule has 3 heteroatoms. The summed E-state index contributed by atoms with van der Waals surface area (Å²) >= 11 is 0. The number of rotatable bonds is 8. The van der Waals surface area contributed by atoms with E-state index in [4.69, 9.17) is 9.15 Å². The van der Waals surface area contributed by atoms with E-state index < -0.39 is 0 Å². The molecule has 0 amide bonds. The number of hydrogen-bond acceptors (Lipinski definition) is 3. The molecule has 1 aliphatic rings. The maximum Gasteiger partial charge on any atom is 0.118 e. The number of furan rings is 1. The van der Waals surface area contributed by atoms with Crippen LogP contribution in [0.3, 0.4) is 0 Å². The lowest BCUT2D eigenvalue weighted by atomic mass is 9.83. The van der Waals surface area contributed by atoms with Crippen molar-refractivity contribution in [1.82, 2.24) is 5.32 Å². The standard InChI is InChI=1S/C15H25NO2/c1-3-16-10-15-9-14(12(2)18-15)11-17-8-7-13-5-4-6-13/h9,13,16H,3-8,10-11H2,1-2H3. The third kappa shape index (κ3) is 3.85. The number of hydrogen-bond donors (Lipinski definition) is 1. The van der Waals surface area contributed by atoms with Crippen LogP contribution < -0.4 is 5.32 Å². The Morgan fingerprint density at radius 3 is 2.94 bits per heavy atom. The molecule has 1 saturated carbocycles. The molecule has 1 aromatic heterocycles. The zero-order valence-electron chi connectivity index (χ0n) is 11.6. The Bertz CT molecular complexity index is 355. The molecule has 1 aromatic rings. The second-order valence-electron chi connectivity index (χ2n) is 5.21. The van der Waals surface area contributed by atoms with Gasteiger partial charge in [-0.3, -0.25) is 0 Å². The second-order valence-corrected chi connectivity index (χ2v) is 5.21. The molecule has 0 aromatic carbocycles. The summed E-state index contributed by atoms with van der Waals surface area (Å²) in [7, 11) is 0. The van der Waals surface area contributed by atoms with Crippen molar-refractivity contribution in [1.29, 1.82) is 0 Å². The molecule has 2 rings (SSSR count). The quantitative estimate of drug-likeness (QED) is 0.719. The molecule has 102 valence electrons. The fraction of sp³-hybridized carbons (Fsp3) is 0.733. The highest BCUT2D eigenvalue weighted by Crippen LogP contribution is 2.29. The van der Waals surface area contributed by atoms with Crippen molar-refractivity contribution < 1.29 is 9.15 Å². The zero-order chi connectivity index (χ0) is 12.8. The average molecular weight is 251 g/mol. The van der Waals surface area contributed by atoms with Gasteiger partial charge in [0.15, 0.2) is 0 Å². The number of ether oxygens (including phenoxy) is 1. The van der Waals surface area contributed by atoms with Crippen LogP contribution in [0.5, 0.6) is 0 Å². The number of aryl methyl sites for hydroxylation is 1. The summed E-state index contributed by atoms with van der Waals surface area (Å²) in [5, 5.41) is 3.27. The summed E-state index contributed by atoms with van der Waals surface area (Å²) in [6.07, 6.45) is 5.45. The Hall–Kier alpha value is -0.800. The van der Waals surface area contributed by atoms with Gasteiger partial charge < -0.3 is 14.5 Å². The molecule has 0 saturated heterocycles. The highest BCUT2D eigenvalue weighted by molar-refractivity contribution is 5.19. The fourth-order valence-electron chi connectivity index (χ4n) is 2.28. The average Bonchev–Trinajstić information content (AvgIpc) is 2.65. The van der Waals surface area contributed by atoms with Crippen molar-refractivity contribution in [2.24, 2.45) is 5.92 Å². The molecule has 1 heterocycles. The van der Waals surface area contributed by atoms with E-state index in [1.54, 1.807) is 0 Å². The fourth-order valence-corrected chi connectivity index (χ4v) is 2.28. The smallest absolute Gasteiger partial charge is 0.118 e. The molecule has 0 unspecified atom stereocenters. The largest absolute Gasteiger partial charge is 0.465 e. The van der Waals surface area contributed by atoms with E-state index in [2.05, 4.69) is 18.3 Å². The van der Waals surface area contributed by atoms with Crippen LogP contribution in [-0.4, -0.2) is 13.2 Å². The summed E-state index contributed by atoms with van der Waals surface area (Å²) in [5.41, 5.74) is 1.19. The molecule has 0 aliphatic heterocycles. The van der Waals surface area contributed by atoms with Gasteiger partial charge in [0.2, 0.25) is 0 Å². The van der Waals surface area contributed by atoms with Crippen LogP contribution >= 0.6 is 0 Å². The minimum atomic E-state index is 0.689. The summed E-state index contributed by atoms with van der Waals surface area (Å²) < 4.78 is 11.4. The topological polar surface area (TPSA) is 34.4 Å². The SMILES string of the molecule is CCNCc1cc(COCCC2CCC2)c(C)o1. The molecule has 3 nitrogen and oxygen atoms in total. The molecule has 0 bridgehead atoms. The van der Waals surface area contributed by atoms with E-state index in [0.717, 1.165) is 37.1 Å². The van der Waals surface area contributed by atoms with Crippen LogP contribution in [0.2, 0.25) is 0 Å². The lowest BCUT2D eigenvalue weighted by Crippen LogP contribution is -2.13. The minimum absolute atomic E-state index is 0.689. The van der Waals surface area contributed by atoms with Crippen molar-refractivity contribution in [3.63, 3.8) is 0 Å². The predicted octanol–water partition coefficient (Wildman–Crippen LogP) is 3.40. The van der Waals surface area contributed by atoms with Gasteiger partial charge in [-0.25, -0.2) is 0 Å². The molecule has 1 N–H and O–H groups in total. The third-order valence-corrected chi connectivity index (χ3v) is 3.77. The maximum atomic E-state index is 5.74. The summed E-state index contributed by atoms with van der Waals surface area (Å²) in [4.78, 5) is 0. The Morgan fingerprint density at radius 1 is 1.44 bits per heavy atom. The van der Waals surface area contributed by atoms with Gasteiger partial charge in [-0.1, -0.05) is 26.2 Å². The normalized spacial score (nSPS) is 15.9. The Kier molecular flexibility index (Phi) is 5.26. The molecule has 0 spiro atoms. The Morgan fingerprint density at radius 2 is 2.28 bits per heavy atom. The van der Waals surface area contributed by atoms with E-state index in [0.29, 0.717) is 6.61 Å². The van der Waals surface area contributed by atoms with E-state index in [1.165, 1.54) is 31.2 Å². The third-order valence-electron chi connectivity index (χ3n) is 3.77. The molecule has 1 fully saturated rings.